The third kappa shape index (κ3) is 0.955. The Kier molecular flexibility index (Phi) is 1.37. The van der Waals surface area contributed by atoms with E-state index in [0.717, 1.165) is 10.8 Å². The molecule has 0 spiro atoms. The van der Waals surface area contributed by atoms with Gasteiger partial charge < -0.3 is 5.21 Å². The highest BCUT2D eigenvalue weighted by Gasteiger charge is 1.95. The van der Waals surface area contributed by atoms with Crippen molar-refractivity contribution >= 4 is 10.8 Å². The minimum Gasteiger partial charge on any atom is -0.425 e. The van der Waals surface area contributed by atoms with Gasteiger partial charge in [0.1, 0.15) is 0 Å². The Labute approximate surface area is 68.5 Å². The van der Waals surface area contributed by atoms with Crippen molar-refractivity contribution in [3.05, 3.63) is 46.9 Å². The van der Waals surface area contributed by atoms with Crippen molar-refractivity contribution < 1.29 is 5.21 Å². The molecule has 0 aliphatic heterocycles. The van der Waals surface area contributed by atoms with Crippen LogP contribution in [-0.2, 0) is 0 Å². The van der Waals surface area contributed by atoms with Gasteiger partial charge in [-0.3, -0.25) is 4.79 Å². The van der Waals surface area contributed by atoms with Gasteiger partial charge in [-0.2, -0.15) is 4.73 Å². The molecule has 2 rings (SSSR count). The summed E-state index contributed by atoms with van der Waals surface area (Å²) in [6, 6.07) is 8.77. The summed E-state index contributed by atoms with van der Waals surface area (Å²) in [4.78, 5) is 10.9. The number of benzene rings is 1. The lowest BCUT2D eigenvalue weighted by Crippen LogP contribution is -2.14. The van der Waals surface area contributed by atoms with Gasteiger partial charge in [0, 0.05) is 11.5 Å². The Balaban J connectivity index is 2.93. The first-order valence-electron chi connectivity index (χ1n) is 3.58. The largest absolute Gasteiger partial charge is 0.425 e. The van der Waals surface area contributed by atoms with E-state index in [4.69, 9.17) is 5.21 Å². The zero-order valence-electron chi connectivity index (χ0n) is 6.27. The van der Waals surface area contributed by atoms with Crippen LogP contribution in [0.25, 0.3) is 10.8 Å². The zero-order chi connectivity index (χ0) is 8.55. The van der Waals surface area contributed by atoms with E-state index in [1.807, 2.05) is 24.3 Å². The highest BCUT2D eigenvalue weighted by atomic mass is 16.5. The van der Waals surface area contributed by atoms with Crippen molar-refractivity contribution in [3.8, 4) is 0 Å². The number of rotatable bonds is 0. The van der Waals surface area contributed by atoms with Gasteiger partial charge in [-0.25, -0.2) is 0 Å². The van der Waals surface area contributed by atoms with Gasteiger partial charge in [-0.15, -0.1) is 0 Å². The number of pyridine rings is 1. The summed E-state index contributed by atoms with van der Waals surface area (Å²) in [6.45, 7) is 0. The lowest BCUT2D eigenvalue weighted by atomic mass is 10.2. The predicted octanol–water partition coefficient (Wildman–Crippen LogP) is 1.24. The van der Waals surface area contributed by atoms with Gasteiger partial charge >= 0.3 is 0 Å². The van der Waals surface area contributed by atoms with Gasteiger partial charge in [0.05, 0.1) is 6.20 Å². The van der Waals surface area contributed by atoms with Crippen LogP contribution in [0.3, 0.4) is 0 Å². The fourth-order valence-corrected chi connectivity index (χ4v) is 1.15. The number of nitrogens with zero attached hydrogens (tertiary/aromatic N) is 1. The van der Waals surface area contributed by atoms with Crippen molar-refractivity contribution in [2.45, 2.75) is 0 Å². The molecule has 0 unspecified atom stereocenters. The highest BCUT2D eigenvalue weighted by Crippen LogP contribution is 2.08. The molecule has 0 aliphatic rings. The molecule has 1 heterocycles. The van der Waals surface area contributed by atoms with Crippen LogP contribution in [0.15, 0.2) is 41.3 Å². The first-order chi connectivity index (χ1) is 5.77. The summed E-state index contributed by atoms with van der Waals surface area (Å²) in [5.41, 5.74) is -0.409. The molecule has 0 amide bonds. The SMILES string of the molecule is O=c1cc2ccccc2cn1O. The summed E-state index contributed by atoms with van der Waals surface area (Å²) in [7, 11) is 0. The predicted molar refractivity (Wildman–Crippen MR) is 45.4 cm³/mol. The lowest BCUT2D eigenvalue weighted by Gasteiger charge is -1.97. The molecule has 0 atom stereocenters. The number of hydrogen-bond acceptors (Lipinski definition) is 2. The minimum absolute atomic E-state index is 0.409. The van der Waals surface area contributed by atoms with E-state index in [2.05, 4.69) is 0 Å². The van der Waals surface area contributed by atoms with Gasteiger partial charge in [0.2, 0.25) is 0 Å². The van der Waals surface area contributed by atoms with Crippen molar-refractivity contribution in [1.29, 1.82) is 0 Å². The molecule has 0 bridgehead atoms. The fourth-order valence-electron chi connectivity index (χ4n) is 1.15. The van der Waals surface area contributed by atoms with E-state index >= 15 is 0 Å². The van der Waals surface area contributed by atoms with E-state index in [1.165, 1.54) is 12.3 Å². The maximum Gasteiger partial charge on any atom is 0.283 e. The Morgan fingerprint density at radius 3 is 2.58 bits per heavy atom. The van der Waals surface area contributed by atoms with Crippen LogP contribution in [0.5, 0.6) is 0 Å². The van der Waals surface area contributed by atoms with Crippen LogP contribution in [-0.4, -0.2) is 9.94 Å². The molecule has 0 radical (unpaired) electrons. The maximum atomic E-state index is 10.9. The molecular formula is C9H7NO2. The molecule has 1 aromatic heterocycles. The van der Waals surface area contributed by atoms with Gasteiger partial charge in [0.15, 0.2) is 0 Å². The van der Waals surface area contributed by atoms with E-state index in [-0.39, 0.29) is 0 Å². The average Bonchev–Trinajstić information content (AvgIpc) is 2.07. The second-order valence-corrected chi connectivity index (χ2v) is 2.59. The molecule has 1 N–H and O–H groups in total. The average molecular weight is 161 g/mol. The van der Waals surface area contributed by atoms with Crippen LogP contribution in [0.2, 0.25) is 0 Å². The van der Waals surface area contributed by atoms with Crippen molar-refractivity contribution in [3.63, 3.8) is 0 Å². The standard InChI is InChI=1S/C9H7NO2/c11-9-5-7-3-1-2-4-8(7)6-10(9)12/h1-6,12H. The van der Waals surface area contributed by atoms with Crippen LogP contribution in [0.1, 0.15) is 0 Å². The first-order valence-corrected chi connectivity index (χ1v) is 3.58. The summed E-state index contributed by atoms with van der Waals surface area (Å²) in [6.07, 6.45) is 1.40. The van der Waals surface area contributed by atoms with Crippen LogP contribution < -0.4 is 5.56 Å². The van der Waals surface area contributed by atoms with E-state index in [1.54, 1.807) is 0 Å². The maximum absolute atomic E-state index is 10.9. The summed E-state index contributed by atoms with van der Waals surface area (Å²) >= 11 is 0. The molecule has 0 aliphatic carbocycles. The van der Waals surface area contributed by atoms with Crippen molar-refractivity contribution in [1.82, 2.24) is 4.73 Å². The molecule has 3 nitrogen and oxygen atoms in total. The fraction of sp³-hybridized carbons (Fsp3) is 0. The molecule has 0 saturated carbocycles. The van der Waals surface area contributed by atoms with Gasteiger partial charge in [-0.05, 0) is 5.39 Å². The highest BCUT2D eigenvalue weighted by molar-refractivity contribution is 5.81. The Morgan fingerprint density at radius 1 is 1.17 bits per heavy atom. The molecule has 60 valence electrons. The minimum atomic E-state index is -0.409. The van der Waals surface area contributed by atoms with Crippen molar-refractivity contribution in [2.24, 2.45) is 0 Å². The third-order valence-corrected chi connectivity index (χ3v) is 1.76. The molecule has 0 fully saturated rings. The molecule has 3 heteroatoms. The van der Waals surface area contributed by atoms with Crippen LogP contribution in [0.4, 0.5) is 0 Å². The topological polar surface area (TPSA) is 42.2 Å². The van der Waals surface area contributed by atoms with E-state index in [0.29, 0.717) is 4.73 Å². The van der Waals surface area contributed by atoms with E-state index < -0.39 is 5.56 Å². The molecule has 0 saturated heterocycles. The first kappa shape index (κ1) is 6.91. The summed E-state index contributed by atoms with van der Waals surface area (Å²) in [5, 5.41) is 10.7. The van der Waals surface area contributed by atoms with E-state index in [9.17, 15) is 4.79 Å². The van der Waals surface area contributed by atoms with Crippen LogP contribution in [0, 0.1) is 0 Å². The van der Waals surface area contributed by atoms with Crippen LogP contribution >= 0.6 is 0 Å². The number of aromatic nitrogens is 1. The monoisotopic (exact) mass is 161 g/mol. The van der Waals surface area contributed by atoms with Crippen molar-refractivity contribution in [2.75, 3.05) is 0 Å². The Bertz CT molecular complexity index is 473. The zero-order valence-corrected chi connectivity index (χ0v) is 6.27. The Morgan fingerprint density at radius 2 is 1.83 bits per heavy atom. The smallest absolute Gasteiger partial charge is 0.283 e. The number of hydrogen-bond donors (Lipinski definition) is 1. The quantitative estimate of drug-likeness (QED) is 0.590. The molecule has 1 aromatic carbocycles. The lowest BCUT2D eigenvalue weighted by molar-refractivity contribution is 0.176. The summed E-state index contributed by atoms with van der Waals surface area (Å²) in [5.74, 6) is 0. The second-order valence-electron chi connectivity index (χ2n) is 2.59. The Hall–Kier alpha value is -1.77. The second kappa shape index (κ2) is 2.37. The molecule has 2 aromatic rings. The third-order valence-electron chi connectivity index (χ3n) is 1.76. The van der Waals surface area contributed by atoms with Gasteiger partial charge in [0.25, 0.3) is 5.56 Å². The number of fused-ring (bicyclic) bond motifs is 1. The van der Waals surface area contributed by atoms with Gasteiger partial charge in [-0.1, -0.05) is 24.3 Å². The normalized spacial score (nSPS) is 10.3. The molecule has 12 heavy (non-hydrogen) atoms. The summed E-state index contributed by atoms with van der Waals surface area (Å²) < 4.78 is 0.586. The molecular weight excluding hydrogens is 154 g/mol.